The monoisotopic (exact) mass is 281 g/mol. The van der Waals surface area contributed by atoms with Crippen molar-refractivity contribution in [3.8, 4) is 0 Å². The quantitative estimate of drug-likeness (QED) is 0.805. The molecule has 2 N–H and O–H groups in total. The van der Waals surface area contributed by atoms with Gasteiger partial charge < -0.3 is 10.5 Å². The molecule has 0 aromatic heterocycles. The molecule has 0 aromatic rings. The maximum absolute atomic E-state index is 12.4. The number of carbonyl (C=O) groups is 1. The standard InChI is InChI=1S/C17H31NO2/c1-12-15(18)10-9-14(17(12,2)3)16(19)20-11-13-7-5-4-6-8-13/h12-15H,4-11,18H2,1-3H3. The minimum Gasteiger partial charge on any atom is -0.465 e. The molecular formula is C17H31NO2. The lowest BCUT2D eigenvalue weighted by atomic mass is 9.61. The first-order chi connectivity index (χ1) is 9.43. The molecule has 0 aliphatic heterocycles. The van der Waals surface area contributed by atoms with Crippen LogP contribution < -0.4 is 5.73 Å². The summed E-state index contributed by atoms with van der Waals surface area (Å²) < 4.78 is 5.66. The number of hydrogen-bond donors (Lipinski definition) is 1. The van der Waals surface area contributed by atoms with E-state index in [4.69, 9.17) is 10.5 Å². The van der Waals surface area contributed by atoms with Gasteiger partial charge in [0.2, 0.25) is 0 Å². The maximum atomic E-state index is 12.4. The van der Waals surface area contributed by atoms with Gasteiger partial charge >= 0.3 is 5.97 Å². The first kappa shape index (κ1) is 15.8. The molecule has 2 fully saturated rings. The second-order valence-electron chi connectivity index (χ2n) is 7.54. The van der Waals surface area contributed by atoms with Gasteiger partial charge in [-0.1, -0.05) is 40.0 Å². The topological polar surface area (TPSA) is 52.3 Å². The molecular weight excluding hydrogens is 250 g/mol. The molecule has 0 aromatic carbocycles. The van der Waals surface area contributed by atoms with Crippen molar-refractivity contribution in [2.75, 3.05) is 6.61 Å². The molecule has 3 nitrogen and oxygen atoms in total. The van der Waals surface area contributed by atoms with Gasteiger partial charge in [0.1, 0.15) is 0 Å². The highest BCUT2D eigenvalue weighted by Crippen LogP contribution is 2.45. The van der Waals surface area contributed by atoms with E-state index >= 15 is 0 Å². The third kappa shape index (κ3) is 3.36. The van der Waals surface area contributed by atoms with Crippen LogP contribution in [-0.4, -0.2) is 18.6 Å². The van der Waals surface area contributed by atoms with Crippen molar-refractivity contribution >= 4 is 5.97 Å². The Morgan fingerprint density at radius 3 is 2.45 bits per heavy atom. The van der Waals surface area contributed by atoms with E-state index in [-0.39, 0.29) is 23.3 Å². The highest BCUT2D eigenvalue weighted by atomic mass is 16.5. The Kier molecular flexibility index (Phi) is 5.11. The van der Waals surface area contributed by atoms with E-state index in [1.165, 1.54) is 32.1 Å². The molecule has 3 atom stereocenters. The summed E-state index contributed by atoms with van der Waals surface area (Å²) in [5, 5.41) is 0. The van der Waals surface area contributed by atoms with E-state index in [2.05, 4.69) is 20.8 Å². The summed E-state index contributed by atoms with van der Waals surface area (Å²) >= 11 is 0. The summed E-state index contributed by atoms with van der Waals surface area (Å²) in [6, 6.07) is 0.215. The van der Waals surface area contributed by atoms with Gasteiger partial charge in [-0.3, -0.25) is 4.79 Å². The van der Waals surface area contributed by atoms with Gasteiger partial charge in [0.25, 0.3) is 0 Å². The first-order valence-electron chi connectivity index (χ1n) is 8.35. The lowest BCUT2D eigenvalue weighted by Crippen LogP contribution is -2.49. The Morgan fingerprint density at radius 1 is 1.15 bits per heavy atom. The van der Waals surface area contributed by atoms with Crippen LogP contribution in [0, 0.1) is 23.2 Å². The van der Waals surface area contributed by atoms with Crippen LogP contribution in [-0.2, 0) is 9.53 Å². The third-order valence-corrected chi connectivity index (χ3v) is 5.97. The van der Waals surface area contributed by atoms with Crippen LogP contribution in [0.4, 0.5) is 0 Å². The van der Waals surface area contributed by atoms with Gasteiger partial charge in [0.15, 0.2) is 0 Å². The normalized spacial score (nSPS) is 34.7. The van der Waals surface area contributed by atoms with E-state index in [0.717, 1.165) is 12.8 Å². The summed E-state index contributed by atoms with van der Waals surface area (Å²) in [7, 11) is 0. The van der Waals surface area contributed by atoms with Crippen molar-refractivity contribution in [3.63, 3.8) is 0 Å². The molecule has 0 radical (unpaired) electrons. The number of nitrogens with two attached hydrogens (primary N) is 1. The molecule has 0 heterocycles. The van der Waals surface area contributed by atoms with E-state index in [1.807, 2.05) is 0 Å². The number of carbonyl (C=O) groups excluding carboxylic acids is 1. The zero-order valence-corrected chi connectivity index (χ0v) is 13.4. The first-order valence-corrected chi connectivity index (χ1v) is 8.35. The Balaban J connectivity index is 1.88. The van der Waals surface area contributed by atoms with Crippen molar-refractivity contribution < 1.29 is 9.53 Å². The molecule has 20 heavy (non-hydrogen) atoms. The highest BCUT2D eigenvalue weighted by Gasteiger charge is 2.45. The third-order valence-electron chi connectivity index (χ3n) is 5.97. The van der Waals surface area contributed by atoms with Crippen molar-refractivity contribution in [1.29, 1.82) is 0 Å². The molecule has 3 heteroatoms. The average Bonchev–Trinajstić information content (AvgIpc) is 2.43. The van der Waals surface area contributed by atoms with Crippen molar-refractivity contribution in [2.24, 2.45) is 28.9 Å². The number of ether oxygens (including phenoxy) is 1. The van der Waals surface area contributed by atoms with E-state index in [9.17, 15) is 4.79 Å². The molecule has 2 aliphatic carbocycles. The van der Waals surface area contributed by atoms with Crippen molar-refractivity contribution in [2.45, 2.75) is 71.8 Å². The summed E-state index contributed by atoms with van der Waals surface area (Å²) in [5.74, 6) is 0.989. The second-order valence-corrected chi connectivity index (χ2v) is 7.54. The average molecular weight is 281 g/mol. The van der Waals surface area contributed by atoms with Crippen molar-refractivity contribution in [3.05, 3.63) is 0 Å². The summed E-state index contributed by atoms with van der Waals surface area (Å²) in [6.45, 7) is 7.14. The lowest BCUT2D eigenvalue weighted by Gasteiger charge is -2.45. The molecule has 0 amide bonds. The molecule has 0 saturated heterocycles. The molecule has 0 spiro atoms. The van der Waals surface area contributed by atoms with Crippen LogP contribution in [0.2, 0.25) is 0 Å². The molecule has 2 saturated carbocycles. The van der Waals surface area contributed by atoms with Gasteiger partial charge in [-0.15, -0.1) is 0 Å². The summed E-state index contributed by atoms with van der Waals surface area (Å²) in [4.78, 5) is 12.4. The van der Waals surface area contributed by atoms with Crippen LogP contribution in [0.1, 0.15) is 65.7 Å². The lowest BCUT2D eigenvalue weighted by molar-refractivity contribution is -0.158. The van der Waals surface area contributed by atoms with Gasteiger partial charge in [-0.25, -0.2) is 0 Å². The van der Waals surface area contributed by atoms with E-state index < -0.39 is 0 Å². The minimum absolute atomic E-state index is 0.0133. The fourth-order valence-electron chi connectivity index (χ4n) is 3.93. The molecule has 3 unspecified atom stereocenters. The Hall–Kier alpha value is -0.570. The smallest absolute Gasteiger partial charge is 0.309 e. The maximum Gasteiger partial charge on any atom is 0.309 e. The van der Waals surface area contributed by atoms with E-state index in [0.29, 0.717) is 18.4 Å². The zero-order valence-electron chi connectivity index (χ0n) is 13.4. The van der Waals surface area contributed by atoms with Gasteiger partial charge in [0.05, 0.1) is 12.5 Å². The molecule has 2 rings (SSSR count). The predicted octanol–water partition coefficient (Wildman–Crippen LogP) is 3.51. The van der Waals surface area contributed by atoms with E-state index in [1.54, 1.807) is 0 Å². The Morgan fingerprint density at radius 2 is 1.80 bits per heavy atom. The summed E-state index contributed by atoms with van der Waals surface area (Å²) in [5.41, 5.74) is 6.10. The van der Waals surface area contributed by atoms with Crippen LogP contribution in [0.5, 0.6) is 0 Å². The number of rotatable bonds is 3. The second kappa shape index (κ2) is 6.46. The molecule has 116 valence electrons. The fraction of sp³-hybridized carbons (Fsp3) is 0.941. The molecule has 2 aliphatic rings. The van der Waals surface area contributed by atoms with Crippen LogP contribution in [0.15, 0.2) is 0 Å². The van der Waals surface area contributed by atoms with Crippen LogP contribution >= 0.6 is 0 Å². The van der Waals surface area contributed by atoms with Crippen molar-refractivity contribution in [1.82, 2.24) is 0 Å². The van der Waals surface area contributed by atoms with Gasteiger partial charge in [-0.05, 0) is 42.9 Å². The fourth-order valence-corrected chi connectivity index (χ4v) is 3.93. The Bertz CT molecular complexity index is 334. The summed E-state index contributed by atoms with van der Waals surface area (Å²) in [6.07, 6.45) is 8.20. The Labute approximate surface area is 123 Å². The molecule has 0 bridgehead atoms. The van der Waals surface area contributed by atoms with Gasteiger partial charge in [0, 0.05) is 6.04 Å². The predicted molar refractivity (Wildman–Crippen MR) is 81.2 cm³/mol. The highest BCUT2D eigenvalue weighted by molar-refractivity contribution is 5.73. The minimum atomic E-state index is -0.0543. The van der Waals surface area contributed by atoms with Crippen LogP contribution in [0.3, 0.4) is 0 Å². The number of esters is 1. The number of hydrogen-bond acceptors (Lipinski definition) is 3. The largest absolute Gasteiger partial charge is 0.465 e. The van der Waals surface area contributed by atoms with Gasteiger partial charge in [-0.2, -0.15) is 0 Å². The van der Waals surface area contributed by atoms with Crippen LogP contribution in [0.25, 0.3) is 0 Å². The zero-order chi connectivity index (χ0) is 14.8. The SMILES string of the molecule is CC1C(N)CCC(C(=O)OCC2CCCCC2)C1(C)C.